The molecule has 0 fully saturated rings. The zero-order valence-corrected chi connectivity index (χ0v) is 31.2. The first-order chi connectivity index (χ1) is 22.8. The molecule has 0 rings (SSSR count). The van der Waals surface area contributed by atoms with Crippen LogP contribution in [0.3, 0.4) is 0 Å². The number of nitrogens with two attached hydrogens (primary N) is 1. The molecule has 3 N–H and O–H groups in total. The van der Waals surface area contributed by atoms with Crippen LogP contribution in [-0.4, -0.2) is 49.3 Å². The van der Waals surface area contributed by atoms with E-state index in [0.29, 0.717) is 6.42 Å². The maximum Gasteiger partial charge on any atom is 0.472 e. The topological polar surface area (TPSA) is 134 Å². The molecule has 0 aliphatic rings. The van der Waals surface area contributed by atoms with E-state index < -0.39 is 26.5 Å². The zero-order valence-electron chi connectivity index (χ0n) is 30.3. The van der Waals surface area contributed by atoms with Crippen LogP contribution in [0.15, 0.2) is 12.2 Å². The van der Waals surface area contributed by atoms with E-state index >= 15 is 0 Å². The maximum absolute atomic E-state index is 12.5. The van der Waals surface area contributed by atoms with Crippen LogP contribution in [0.2, 0.25) is 0 Å². The maximum atomic E-state index is 12.5. The number of unbranched alkanes of at least 4 members (excludes halogenated alkanes) is 21. The summed E-state index contributed by atoms with van der Waals surface area (Å²) in [6.45, 7) is 3.71. The highest BCUT2D eigenvalue weighted by Crippen LogP contribution is 2.43. The Morgan fingerprint density at radius 2 is 1.04 bits per heavy atom. The van der Waals surface area contributed by atoms with Crippen LogP contribution < -0.4 is 5.73 Å². The van der Waals surface area contributed by atoms with Crippen molar-refractivity contribution < 1.29 is 37.6 Å². The lowest BCUT2D eigenvalue weighted by Crippen LogP contribution is -2.29. The smallest absolute Gasteiger partial charge is 0.462 e. The Hall–Kier alpha value is -1.25. The van der Waals surface area contributed by atoms with E-state index in [4.69, 9.17) is 24.3 Å². The Kier molecular flexibility index (Phi) is 33.7. The molecule has 2 unspecified atom stereocenters. The predicted molar refractivity (Wildman–Crippen MR) is 192 cm³/mol. The summed E-state index contributed by atoms with van der Waals surface area (Å²) in [6, 6.07) is 0. The fraction of sp³-hybridized carbons (Fsp3) is 0.892. The predicted octanol–water partition coefficient (Wildman–Crippen LogP) is 10.3. The molecule has 0 bridgehead atoms. The van der Waals surface area contributed by atoms with Gasteiger partial charge in [-0.1, -0.05) is 142 Å². The molecule has 0 aliphatic carbocycles. The summed E-state index contributed by atoms with van der Waals surface area (Å²) < 4.78 is 32.6. The van der Waals surface area contributed by atoms with Crippen molar-refractivity contribution in [1.82, 2.24) is 0 Å². The van der Waals surface area contributed by atoms with Gasteiger partial charge in [-0.25, -0.2) is 4.57 Å². The molecule has 0 spiro atoms. The second-order valence-corrected chi connectivity index (χ2v) is 14.3. The van der Waals surface area contributed by atoms with Crippen LogP contribution in [0.5, 0.6) is 0 Å². The Morgan fingerprint density at radius 1 is 0.617 bits per heavy atom. The lowest BCUT2D eigenvalue weighted by atomic mass is 10.1. The van der Waals surface area contributed by atoms with Gasteiger partial charge < -0.3 is 20.1 Å². The summed E-state index contributed by atoms with van der Waals surface area (Å²) in [5.41, 5.74) is 5.33. The van der Waals surface area contributed by atoms with E-state index in [9.17, 15) is 19.0 Å². The Balaban J connectivity index is 4.22. The van der Waals surface area contributed by atoms with Gasteiger partial charge in [0.15, 0.2) is 6.10 Å². The largest absolute Gasteiger partial charge is 0.472 e. The van der Waals surface area contributed by atoms with Crippen molar-refractivity contribution >= 4 is 19.8 Å². The number of phosphoric acid groups is 1. The SMILES string of the molecule is CCCCCCCCC=CCCCCCCCC(=O)OC(COC(=O)CCCCCCCCCCCCC)COP(=O)(O)OCCN. The fourth-order valence-corrected chi connectivity index (χ4v) is 6.04. The number of allylic oxidation sites excluding steroid dienone is 2. The minimum absolute atomic E-state index is 0.0545. The van der Waals surface area contributed by atoms with Gasteiger partial charge in [-0.15, -0.1) is 0 Å². The molecule has 0 saturated carbocycles. The first-order valence-electron chi connectivity index (χ1n) is 19.2. The molecule has 10 heteroatoms. The van der Waals surface area contributed by atoms with Crippen LogP contribution in [-0.2, 0) is 32.7 Å². The Bertz CT molecular complexity index is 794. The molecule has 0 heterocycles. The average molecular weight is 690 g/mol. The average Bonchev–Trinajstić information content (AvgIpc) is 3.05. The monoisotopic (exact) mass is 689 g/mol. The van der Waals surface area contributed by atoms with E-state index in [1.54, 1.807) is 0 Å². The number of hydrogen-bond donors (Lipinski definition) is 2. The standard InChI is InChI=1S/C37H72NO8P/c1-3-5-7-9-11-13-15-16-17-18-20-22-24-26-28-30-37(40)46-35(34-45-47(41,42)44-32-31-38)33-43-36(39)29-27-25-23-21-19-14-12-10-8-6-4-2/h16-17,35H,3-15,18-34,38H2,1-2H3,(H,41,42). The van der Waals surface area contributed by atoms with Crippen LogP contribution in [0.1, 0.15) is 181 Å². The minimum atomic E-state index is -4.37. The summed E-state index contributed by atoms with van der Waals surface area (Å²) in [5.74, 6) is -0.834. The summed E-state index contributed by atoms with van der Waals surface area (Å²) in [4.78, 5) is 34.7. The minimum Gasteiger partial charge on any atom is -0.462 e. The van der Waals surface area contributed by atoms with Gasteiger partial charge in [0, 0.05) is 19.4 Å². The normalized spacial score (nSPS) is 13.5. The molecule has 0 aliphatic heterocycles. The molecule has 0 saturated heterocycles. The lowest BCUT2D eigenvalue weighted by molar-refractivity contribution is -0.161. The third-order valence-electron chi connectivity index (χ3n) is 8.15. The number of carbonyl (C=O) groups excluding carboxylic acids is 2. The van der Waals surface area contributed by atoms with Crippen LogP contribution in [0.25, 0.3) is 0 Å². The van der Waals surface area contributed by atoms with Crippen LogP contribution in [0, 0.1) is 0 Å². The Morgan fingerprint density at radius 3 is 1.51 bits per heavy atom. The summed E-state index contributed by atoms with van der Waals surface area (Å²) in [6.07, 6.45) is 32.4. The molecule has 9 nitrogen and oxygen atoms in total. The second-order valence-electron chi connectivity index (χ2n) is 12.8. The highest BCUT2D eigenvalue weighted by Gasteiger charge is 2.25. The van der Waals surface area contributed by atoms with Crippen LogP contribution >= 0.6 is 7.82 Å². The highest BCUT2D eigenvalue weighted by molar-refractivity contribution is 7.47. The van der Waals surface area contributed by atoms with Gasteiger partial charge in [-0.2, -0.15) is 0 Å². The van der Waals surface area contributed by atoms with E-state index in [0.717, 1.165) is 51.4 Å². The van der Waals surface area contributed by atoms with Gasteiger partial charge in [0.05, 0.1) is 13.2 Å². The van der Waals surface area contributed by atoms with Gasteiger partial charge in [0.1, 0.15) is 6.61 Å². The molecule has 0 aromatic heterocycles. The number of ether oxygens (including phenoxy) is 2. The summed E-state index contributed by atoms with van der Waals surface area (Å²) in [7, 11) is -4.37. The van der Waals surface area contributed by atoms with Crippen molar-refractivity contribution in [2.24, 2.45) is 5.73 Å². The summed E-state index contributed by atoms with van der Waals surface area (Å²) >= 11 is 0. The lowest BCUT2D eigenvalue weighted by Gasteiger charge is -2.19. The molecule has 0 amide bonds. The number of hydrogen-bond acceptors (Lipinski definition) is 8. The molecule has 0 radical (unpaired) electrons. The van der Waals surface area contributed by atoms with Crippen molar-refractivity contribution in [2.75, 3.05) is 26.4 Å². The van der Waals surface area contributed by atoms with Crippen molar-refractivity contribution in [2.45, 2.75) is 187 Å². The van der Waals surface area contributed by atoms with Gasteiger partial charge in [-0.3, -0.25) is 18.6 Å². The first-order valence-corrected chi connectivity index (χ1v) is 20.7. The number of esters is 2. The van der Waals surface area contributed by atoms with Crippen molar-refractivity contribution in [3.63, 3.8) is 0 Å². The van der Waals surface area contributed by atoms with E-state index in [2.05, 4.69) is 26.0 Å². The molecule has 0 aromatic rings. The first kappa shape index (κ1) is 45.8. The number of carbonyl (C=O) groups is 2. The molecular weight excluding hydrogens is 617 g/mol. The van der Waals surface area contributed by atoms with Crippen molar-refractivity contribution in [3.8, 4) is 0 Å². The number of rotatable bonds is 36. The third kappa shape index (κ3) is 34.4. The van der Waals surface area contributed by atoms with Gasteiger partial charge in [0.25, 0.3) is 0 Å². The van der Waals surface area contributed by atoms with E-state index in [-0.39, 0.29) is 38.6 Å². The molecule has 278 valence electrons. The highest BCUT2D eigenvalue weighted by atomic mass is 31.2. The van der Waals surface area contributed by atoms with Crippen LogP contribution in [0.4, 0.5) is 0 Å². The quantitative estimate of drug-likeness (QED) is 0.0285. The second kappa shape index (κ2) is 34.6. The molecule has 47 heavy (non-hydrogen) atoms. The van der Waals surface area contributed by atoms with Crippen molar-refractivity contribution in [1.29, 1.82) is 0 Å². The summed E-state index contributed by atoms with van der Waals surface area (Å²) in [5, 5.41) is 0. The fourth-order valence-electron chi connectivity index (χ4n) is 5.28. The molecule has 0 aromatic carbocycles. The van der Waals surface area contributed by atoms with Crippen molar-refractivity contribution in [3.05, 3.63) is 12.2 Å². The number of phosphoric ester groups is 1. The zero-order chi connectivity index (χ0) is 34.7. The van der Waals surface area contributed by atoms with E-state index in [1.165, 1.54) is 96.3 Å². The third-order valence-corrected chi connectivity index (χ3v) is 9.14. The van der Waals surface area contributed by atoms with Gasteiger partial charge in [-0.05, 0) is 38.5 Å². The van der Waals surface area contributed by atoms with E-state index in [1.807, 2.05) is 0 Å². The molecular formula is C37H72NO8P. The van der Waals surface area contributed by atoms with Gasteiger partial charge in [0.2, 0.25) is 0 Å². The Labute approximate surface area is 288 Å². The van der Waals surface area contributed by atoms with Gasteiger partial charge >= 0.3 is 19.8 Å². The molecule has 2 atom stereocenters.